The predicted octanol–water partition coefficient (Wildman–Crippen LogP) is 7.26. The number of halogens is 4. The van der Waals surface area contributed by atoms with Crippen molar-refractivity contribution in [3.05, 3.63) is 40.4 Å². The summed E-state index contributed by atoms with van der Waals surface area (Å²) in [5, 5.41) is 0. The summed E-state index contributed by atoms with van der Waals surface area (Å²) < 4.78 is 41.9. The third kappa shape index (κ3) is 5.71. The molecule has 0 aromatic heterocycles. The smallest absolute Gasteiger partial charge is 0.373 e. The van der Waals surface area contributed by atoms with Crippen molar-refractivity contribution in [1.29, 1.82) is 0 Å². The number of nitrogens with zero attached hydrogens (tertiary/aromatic N) is 3. The fourth-order valence-electron chi connectivity index (χ4n) is 3.79. The lowest BCUT2D eigenvalue weighted by Crippen LogP contribution is -2.28. The van der Waals surface area contributed by atoms with E-state index < -0.39 is 11.7 Å². The van der Waals surface area contributed by atoms with Gasteiger partial charge in [0.15, 0.2) is 0 Å². The van der Waals surface area contributed by atoms with Gasteiger partial charge in [0.2, 0.25) is 0 Å². The van der Waals surface area contributed by atoms with Crippen LogP contribution in [0.25, 0.3) is 0 Å². The lowest BCUT2D eigenvalue weighted by atomic mass is 10.1. The van der Waals surface area contributed by atoms with E-state index in [2.05, 4.69) is 34.8 Å². The monoisotopic (exact) mass is 515 g/mol. The minimum absolute atomic E-state index is 0.604. The summed E-state index contributed by atoms with van der Waals surface area (Å²) in [6.07, 6.45) is -1.18. The van der Waals surface area contributed by atoms with Crippen molar-refractivity contribution in [3.8, 4) is 0 Å². The van der Waals surface area contributed by atoms with E-state index in [0.717, 1.165) is 53.1 Å². The molecule has 0 fully saturated rings. The van der Waals surface area contributed by atoms with Gasteiger partial charge in [0.25, 0.3) is 0 Å². The van der Waals surface area contributed by atoms with E-state index in [0.29, 0.717) is 17.1 Å². The Morgan fingerprint density at radius 3 is 2.39 bits per heavy atom. The topological polar surface area (TPSA) is 9.72 Å². The maximum absolute atomic E-state index is 13.7. The van der Waals surface area contributed by atoms with Crippen LogP contribution in [-0.4, -0.2) is 45.7 Å². The molecule has 2 aromatic rings. The second kappa shape index (κ2) is 10.0. The first-order valence-corrected chi connectivity index (χ1v) is 12.1. The van der Waals surface area contributed by atoms with Crippen molar-refractivity contribution in [3.63, 3.8) is 0 Å². The van der Waals surface area contributed by atoms with E-state index in [9.17, 15) is 13.2 Å². The van der Waals surface area contributed by atoms with Gasteiger partial charge in [-0.25, -0.2) is 0 Å². The molecule has 0 saturated heterocycles. The van der Waals surface area contributed by atoms with E-state index >= 15 is 0 Å². The van der Waals surface area contributed by atoms with Crippen LogP contribution in [0, 0.1) is 0 Å². The molecule has 0 amide bonds. The Hall–Kier alpha value is -1.38. The lowest BCUT2D eigenvalue weighted by Gasteiger charge is -2.35. The van der Waals surface area contributed by atoms with E-state index in [4.69, 9.17) is 0 Å². The summed E-state index contributed by atoms with van der Waals surface area (Å²) >= 11 is 4.86. The number of anilines is 3. The first-order valence-electron chi connectivity index (χ1n) is 10.5. The minimum Gasteiger partial charge on any atom is -0.373 e. The van der Waals surface area contributed by atoms with Crippen LogP contribution in [0.2, 0.25) is 0 Å². The van der Waals surface area contributed by atoms with Crippen molar-refractivity contribution in [2.45, 2.75) is 42.2 Å². The standard InChI is InChI=1S/C23H29BrF3N3S/c1-5-6-10-28(2)11-7-12-29(3)19-13-16(23(25,26)27)14-21-22(19)30(4)18-9-8-17(24)15-20(18)31-21/h8-9,13-15H,5-7,10-12H2,1-4H3. The number of fused-ring (bicyclic) bond motifs is 2. The van der Waals surface area contributed by atoms with Crippen molar-refractivity contribution in [2.24, 2.45) is 0 Å². The Bertz CT molecular complexity index is 920. The average molecular weight is 516 g/mol. The average Bonchev–Trinajstić information content (AvgIpc) is 2.70. The van der Waals surface area contributed by atoms with Gasteiger partial charge in [0, 0.05) is 34.9 Å². The maximum Gasteiger partial charge on any atom is 0.416 e. The summed E-state index contributed by atoms with van der Waals surface area (Å²) in [5.74, 6) is 0. The molecule has 0 radical (unpaired) electrons. The Labute approximate surface area is 195 Å². The van der Waals surface area contributed by atoms with Gasteiger partial charge in [0.1, 0.15) is 0 Å². The first kappa shape index (κ1) is 24.3. The van der Waals surface area contributed by atoms with Gasteiger partial charge in [-0.1, -0.05) is 41.0 Å². The minimum atomic E-state index is -4.39. The molecular formula is C23H29BrF3N3S. The summed E-state index contributed by atoms with van der Waals surface area (Å²) in [6, 6.07) is 8.48. The van der Waals surface area contributed by atoms with Crippen LogP contribution < -0.4 is 9.80 Å². The zero-order valence-corrected chi connectivity index (χ0v) is 20.8. The fourth-order valence-corrected chi connectivity index (χ4v) is 5.56. The van der Waals surface area contributed by atoms with Crippen LogP contribution in [0.3, 0.4) is 0 Å². The quantitative estimate of drug-likeness (QED) is 0.365. The van der Waals surface area contributed by atoms with Crippen LogP contribution in [0.5, 0.6) is 0 Å². The van der Waals surface area contributed by atoms with Crippen LogP contribution >= 0.6 is 27.7 Å². The van der Waals surface area contributed by atoms with Gasteiger partial charge < -0.3 is 14.7 Å². The fraction of sp³-hybridized carbons (Fsp3) is 0.478. The van der Waals surface area contributed by atoms with Gasteiger partial charge in [-0.3, -0.25) is 0 Å². The zero-order chi connectivity index (χ0) is 22.8. The third-order valence-electron chi connectivity index (χ3n) is 5.56. The highest BCUT2D eigenvalue weighted by Gasteiger charge is 2.35. The van der Waals surface area contributed by atoms with Crippen molar-refractivity contribution in [1.82, 2.24) is 4.90 Å². The van der Waals surface area contributed by atoms with Gasteiger partial charge in [-0.2, -0.15) is 13.2 Å². The largest absolute Gasteiger partial charge is 0.416 e. The van der Waals surface area contributed by atoms with Crippen molar-refractivity contribution in [2.75, 3.05) is 50.6 Å². The van der Waals surface area contributed by atoms with E-state index in [-0.39, 0.29) is 0 Å². The molecule has 0 N–H and O–H groups in total. The highest BCUT2D eigenvalue weighted by molar-refractivity contribution is 9.10. The molecule has 1 heterocycles. The summed E-state index contributed by atoms with van der Waals surface area (Å²) in [5.41, 5.74) is 1.83. The molecule has 1 aliphatic rings. The number of unbranched alkanes of at least 4 members (excludes halogenated alkanes) is 1. The van der Waals surface area contributed by atoms with Crippen LogP contribution in [0.4, 0.5) is 30.2 Å². The Kier molecular flexibility index (Phi) is 7.86. The normalized spacial score (nSPS) is 13.4. The summed E-state index contributed by atoms with van der Waals surface area (Å²) in [4.78, 5) is 7.82. The first-order chi connectivity index (χ1) is 14.6. The third-order valence-corrected chi connectivity index (χ3v) is 7.13. The molecule has 0 spiro atoms. The SMILES string of the molecule is CCCCN(C)CCCN(C)c1cc(C(F)(F)F)cc2c1N(C)c1ccc(Br)cc1S2. The second-order valence-corrected chi connectivity index (χ2v) is 10.0. The molecule has 2 aromatic carbocycles. The molecule has 8 heteroatoms. The molecule has 170 valence electrons. The zero-order valence-electron chi connectivity index (χ0n) is 18.4. The van der Waals surface area contributed by atoms with Crippen LogP contribution in [-0.2, 0) is 6.18 Å². The molecule has 31 heavy (non-hydrogen) atoms. The highest BCUT2D eigenvalue weighted by atomic mass is 79.9. The second-order valence-electron chi connectivity index (χ2n) is 8.04. The number of alkyl halides is 3. The molecular weight excluding hydrogens is 487 g/mol. The Morgan fingerprint density at radius 2 is 1.71 bits per heavy atom. The van der Waals surface area contributed by atoms with Gasteiger partial charge in [-0.05, 0) is 63.3 Å². The number of benzene rings is 2. The number of rotatable bonds is 8. The van der Waals surface area contributed by atoms with E-state index in [1.807, 2.05) is 42.1 Å². The number of hydrogen-bond acceptors (Lipinski definition) is 4. The lowest BCUT2D eigenvalue weighted by molar-refractivity contribution is -0.137. The summed E-state index contributed by atoms with van der Waals surface area (Å²) in [6.45, 7) is 4.83. The van der Waals surface area contributed by atoms with Gasteiger partial charge in [-0.15, -0.1) is 0 Å². The summed E-state index contributed by atoms with van der Waals surface area (Å²) in [7, 11) is 5.91. The maximum atomic E-state index is 13.7. The molecule has 0 unspecified atom stereocenters. The molecule has 1 aliphatic heterocycles. The van der Waals surface area contributed by atoms with Crippen LogP contribution in [0.15, 0.2) is 44.6 Å². The Morgan fingerprint density at radius 1 is 1.00 bits per heavy atom. The highest BCUT2D eigenvalue weighted by Crippen LogP contribution is 2.53. The Balaban J connectivity index is 1.90. The van der Waals surface area contributed by atoms with E-state index in [1.54, 1.807) is 0 Å². The molecule has 0 atom stereocenters. The molecule has 0 saturated carbocycles. The van der Waals surface area contributed by atoms with Crippen molar-refractivity contribution < 1.29 is 13.2 Å². The number of hydrogen-bond donors (Lipinski definition) is 0. The van der Waals surface area contributed by atoms with Gasteiger partial charge in [0.05, 0.1) is 22.6 Å². The van der Waals surface area contributed by atoms with Gasteiger partial charge >= 0.3 is 6.18 Å². The molecule has 0 aliphatic carbocycles. The van der Waals surface area contributed by atoms with Crippen LogP contribution in [0.1, 0.15) is 31.7 Å². The van der Waals surface area contributed by atoms with Crippen molar-refractivity contribution >= 4 is 44.8 Å². The molecule has 3 nitrogen and oxygen atoms in total. The molecule has 0 bridgehead atoms. The van der Waals surface area contributed by atoms with E-state index in [1.165, 1.54) is 23.9 Å². The predicted molar refractivity (Wildman–Crippen MR) is 128 cm³/mol. The molecule has 3 rings (SSSR count).